The quantitative estimate of drug-likeness (QED) is 0.649. The van der Waals surface area contributed by atoms with Crippen LogP contribution in [-0.2, 0) is 0 Å². The third kappa shape index (κ3) is 7.38. The second-order valence-electron chi connectivity index (χ2n) is 6.06. The number of carboxylic acids is 2. The van der Waals surface area contributed by atoms with Gasteiger partial charge in [-0.2, -0.15) is 0 Å². The monoisotopic (exact) mass is 464 g/mol. The van der Waals surface area contributed by atoms with Gasteiger partial charge < -0.3 is 19.8 Å². The maximum atomic E-state index is 10.6. The van der Waals surface area contributed by atoms with Crippen molar-refractivity contribution < 1.29 is 19.8 Å². The van der Waals surface area contributed by atoms with Crippen molar-refractivity contribution >= 4 is 60.8 Å². The van der Waals surface area contributed by atoms with Gasteiger partial charge in [-0.05, 0) is 23.0 Å². The molecule has 25 heavy (non-hydrogen) atoms. The van der Waals surface area contributed by atoms with Crippen LogP contribution >= 0.6 is 0 Å². The summed E-state index contributed by atoms with van der Waals surface area (Å²) < 4.78 is 0. The van der Waals surface area contributed by atoms with E-state index in [-0.39, 0.29) is 60.7 Å². The molecule has 2 aromatic carbocycles. The van der Waals surface area contributed by atoms with Crippen LogP contribution in [0.5, 0.6) is 0 Å². The van der Waals surface area contributed by atoms with E-state index >= 15 is 0 Å². The van der Waals surface area contributed by atoms with Gasteiger partial charge in [-0.15, -0.1) is 0 Å². The second kappa shape index (κ2) is 11.5. The number of carbonyl (C=O) groups is 2. The summed E-state index contributed by atoms with van der Waals surface area (Å²) in [4.78, 5) is 21.2. The molecule has 5 heteroatoms. The number of carboxylic acid groups (broad SMARTS) is 2. The number of hydrogen-bond acceptors (Lipinski definition) is 4. The summed E-state index contributed by atoms with van der Waals surface area (Å²) in [5, 5.41) is 21.2. The van der Waals surface area contributed by atoms with Crippen LogP contribution in [-0.4, -0.2) is 60.8 Å². The third-order valence-corrected chi connectivity index (χ3v) is 3.61. The second-order valence-corrected chi connectivity index (χ2v) is 6.06. The van der Waals surface area contributed by atoms with E-state index in [2.05, 4.69) is 0 Å². The van der Waals surface area contributed by atoms with E-state index in [0.29, 0.717) is 11.1 Å². The summed E-state index contributed by atoms with van der Waals surface area (Å²) in [6.45, 7) is 7.84. The molecule has 0 N–H and O–H groups in total. The molecule has 4 nitrogen and oxygen atoms in total. The Hall–Kier alpha value is -1.05. The number of carbonyl (C=O) groups excluding carboxylic acids is 2. The molecule has 2 rings (SSSR count). The van der Waals surface area contributed by atoms with Crippen molar-refractivity contribution in [3.8, 4) is 0 Å². The van der Waals surface area contributed by atoms with Gasteiger partial charge >= 0.3 is 48.9 Å². The third-order valence-electron chi connectivity index (χ3n) is 3.61. The summed E-state index contributed by atoms with van der Waals surface area (Å²) >= 11 is 0. The molecule has 0 aliphatic carbocycles. The number of hydrogen-bond donors (Lipinski definition) is 0. The summed E-state index contributed by atoms with van der Waals surface area (Å²) in [5.74, 6) is -1.75. The molecule has 0 aliphatic heterocycles. The van der Waals surface area contributed by atoms with Gasteiger partial charge in [-0.3, -0.25) is 0 Å². The molecular formula is C20H22BaO4. The largest absolute Gasteiger partial charge is 2.00 e. The minimum Gasteiger partial charge on any atom is -0.545 e. The molecule has 2 aromatic rings. The Kier molecular flexibility index (Phi) is 11.1. The van der Waals surface area contributed by atoms with E-state index in [1.54, 1.807) is 24.3 Å². The smallest absolute Gasteiger partial charge is 0.545 e. The van der Waals surface area contributed by atoms with Gasteiger partial charge in [0.25, 0.3) is 0 Å². The van der Waals surface area contributed by atoms with Crippen molar-refractivity contribution in [1.29, 1.82) is 0 Å². The van der Waals surface area contributed by atoms with Crippen LogP contribution in [0.15, 0.2) is 48.5 Å². The normalized spacial score (nSPS) is 9.84. The van der Waals surface area contributed by atoms with E-state index in [9.17, 15) is 19.8 Å². The molecule has 128 valence electrons. The van der Waals surface area contributed by atoms with Crippen molar-refractivity contribution in [2.75, 3.05) is 0 Å². The summed E-state index contributed by atoms with van der Waals surface area (Å²) in [5.41, 5.74) is 2.26. The van der Waals surface area contributed by atoms with Gasteiger partial charge in [0.2, 0.25) is 0 Å². The summed E-state index contributed by atoms with van der Waals surface area (Å²) in [6, 6.07) is 13.9. The first kappa shape index (κ1) is 24.0. The topological polar surface area (TPSA) is 80.3 Å². The van der Waals surface area contributed by atoms with E-state index in [1.807, 2.05) is 52.0 Å². The molecule has 0 aromatic heterocycles. The minimum atomic E-state index is -1.10. The Labute approximate surface area is 189 Å². The first-order valence-electron chi connectivity index (χ1n) is 7.86. The van der Waals surface area contributed by atoms with Gasteiger partial charge in [-0.1, -0.05) is 76.2 Å². The van der Waals surface area contributed by atoms with Crippen LogP contribution in [0.4, 0.5) is 0 Å². The first-order chi connectivity index (χ1) is 11.3. The van der Waals surface area contributed by atoms with Crippen LogP contribution in [0.2, 0.25) is 0 Å². The maximum absolute atomic E-state index is 10.6. The van der Waals surface area contributed by atoms with Gasteiger partial charge in [0.1, 0.15) is 0 Å². The predicted octanol–water partition coefficient (Wildman–Crippen LogP) is 1.97. The van der Waals surface area contributed by atoms with Crippen LogP contribution in [0.1, 0.15) is 71.4 Å². The standard InChI is InChI=1S/2C10H12O2.Ba/c2*1-7(2)8-5-3-4-6-9(8)10(11)12;/h2*3-7H,1-2H3,(H,11,12);/q;;+2/p-2. The molecular weight excluding hydrogens is 442 g/mol. The zero-order valence-corrected chi connectivity index (χ0v) is 19.6. The fourth-order valence-corrected chi connectivity index (χ4v) is 2.37. The maximum Gasteiger partial charge on any atom is 2.00 e. The van der Waals surface area contributed by atoms with Gasteiger partial charge in [0.15, 0.2) is 0 Å². The molecule has 0 saturated heterocycles. The number of benzene rings is 2. The van der Waals surface area contributed by atoms with E-state index in [0.717, 1.165) is 11.1 Å². The SMILES string of the molecule is CC(C)c1ccccc1C(=O)[O-].CC(C)c1ccccc1C(=O)[O-].[Ba+2]. The van der Waals surface area contributed by atoms with Crippen molar-refractivity contribution in [2.45, 2.75) is 39.5 Å². The summed E-state index contributed by atoms with van der Waals surface area (Å²) in [7, 11) is 0. The van der Waals surface area contributed by atoms with Crippen LogP contribution in [0.25, 0.3) is 0 Å². The zero-order valence-electron chi connectivity index (χ0n) is 15.1. The van der Waals surface area contributed by atoms with E-state index in [4.69, 9.17) is 0 Å². The van der Waals surface area contributed by atoms with Gasteiger partial charge in [0.05, 0.1) is 11.9 Å². The Morgan fingerprint density at radius 2 is 0.960 bits per heavy atom. The first-order valence-corrected chi connectivity index (χ1v) is 7.86. The number of aromatic carboxylic acids is 2. The molecule has 0 aliphatic rings. The molecule has 0 unspecified atom stereocenters. The molecule has 0 radical (unpaired) electrons. The Morgan fingerprint density at radius 3 is 1.16 bits per heavy atom. The Balaban J connectivity index is 0.000000443. The minimum absolute atomic E-state index is 0. The zero-order chi connectivity index (χ0) is 18.3. The summed E-state index contributed by atoms with van der Waals surface area (Å²) in [6.07, 6.45) is 0. The molecule has 0 fully saturated rings. The Bertz CT molecular complexity index is 647. The van der Waals surface area contributed by atoms with Crippen molar-refractivity contribution in [2.24, 2.45) is 0 Å². The molecule has 0 atom stereocenters. The Morgan fingerprint density at radius 1 is 0.680 bits per heavy atom. The van der Waals surface area contributed by atoms with Crippen LogP contribution < -0.4 is 10.2 Å². The molecule has 0 spiro atoms. The van der Waals surface area contributed by atoms with Crippen molar-refractivity contribution in [3.05, 3.63) is 70.8 Å². The molecule has 0 saturated carbocycles. The fourth-order valence-electron chi connectivity index (χ4n) is 2.37. The predicted molar refractivity (Wildman–Crippen MR) is 95.5 cm³/mol. The molecule has 0 bridgehead atoms. The van der Waals surface area contributed by atoms with Gasteiger partial charge in [0, 0.05) is 11.1 Å². The van der Waals surface area contributed by atoms with Gasteiger partial charge in [-0.25, -0.2) is 0 Å². The average molecular weight is 464 g/mol. The fraction of sp³-hybridized carbons (Fsp3) is 0.300. The van der Waals surface area contributed by atoms with Crippen LogP contribution in [0.3, 0.4) is 0 Å². The molecule has 0 heterocycles. The number of rotatable bonds is 4. The van der Waals surface area contributed by atoms with Crippen molar-refractivity contribution in [3.63, 3.8) is 0 Å². The van der Waals surface area contributed by atoms with E-state index in [1.165, 1.54) is 0 Å². The average Bonchev–Trinajstić information content (AvgIpc) is 2.55. The van der Waals surface area contributed by atoms with E-state index < -0.39 is 11.9 Å². The molecule has 0 amide bonds. The van der Waals surface area contributed by atoms with Crippen molar-refractivity contribution in [1.82, 2.24) is 0 Å². The van der Waals surface area contributed by atoms with Crippen LogP contribution in [0, 0.1) is 0 Å².